The molecule has 0 bridgehead atoms. The summed E-state index contributed by atoms with van der Waals surface area (Å²) in [5.41, 5.74) is 3.27. The largest absolute Gasteiger partial charge is 0.325 e. The van der Waals surface area contributed by atoms with E-state index in [0.29, 0.717) is 33.7 Å². The zero-order valence-electron chi connectivity index (χ0n) is 13.3. The van der Waals surface area contributed by atoms with Gasteiger partial charge < -0.3 is 10.3 Å². The number of aromatic amines is 1. The van der Waals surface area contributed by atoms with E-state index in [1.54, 1.807) is 25.1 Å². The number of aryl methyl sites for hydroxylation is 1. The van der Waals surface area contributed by atoms with Crippen molar-refractivity contribution in [2.24, 2.45) is 0 Å². The van der Waals surface area contributed by atoms with E-state index in [1.807, 2.05) is 25.1 Å². The quantitative estimate of drug-likeness (QED) is 0.758. The van der Waals surface area contributed by atoms with Crippen molar-refractivity contribution in [3.05, 3.63) is 57.3 Å². The maximum absolute atomic E-state index is 12.5. The molecule has 122 valence electrons. The van der Waals surface area contributed by atoms with E-state index in [-0.39, 0.29) is 17.2 Å². The molecule has 0 radical (unpaired) electrons. The molecule has 2 N–H and O–H groups in total. The molecule has 0 saturated carbocycles. The van der Waals surface area contributed by atoms with Crippen LogP contribution in [0.5, 0.6) is 0 Å². The minimum atomic E-state index is -0.331. The van der Waals surface area contributed by atoms with Crippen LogP contribution in [0.25, 0.3) is 22.3 Å². The zero-order chi connectivity index (χ0) is 17.3. The molecule has 1 amide bonds. The molecule has 0 unspecified atom stereocenters. The highest BCUT2D eigenvalue weighted by Gasteiger charge is 2.14. The zero-order valence-corrected chi connectivity index (χ0v) is 14.1. The molecule has 0 spiro atoms. The SMILES string of the molecule is CCC(=O)Nc1ccc(Cl)cc1-c1nc2ccc(C)cc2[nH]c1=O. The van der Waals surface area contributed by atoms with Crippen molar-refractivity contribution in [3.8, 4) is 11.3 Å². The molecule has 0 fully saturated rings. The summed E-state index contributed by atoms with van der Waals surface area (Å²) in [7, 11) is 0. The molecule has 0 aliphatic carbocycles. The number of nitrogens with one attached hydrogen (secondary N) is 2. The third-order valence-corrected chi connectivity index (χ3v) is 3.91. The first-order valence-corrected chi connectivity index (χ1v) is 7.96. The van der Waals surface area contributed by atoms with Crippen LogP contribution in [0.15, 0.2) is 41.2 Å². The molecular formula is C18H16ClN3O2. The minimum absolute atomic E-state index is 0.147. The summed E-state index contributed by atoms with van der Waals surface area (Å²) in [5, 5.41) is 3.24. The normalized spacial score (nSPS) is 10.8. The van der Waals surface area contributed by atoms with Crippen LogP contribution in [0.2, 0.25) is 5.02 Å². The summed E-state index contributed by atoms with van der Waals surface area (Å²) < 4.78 is 0. The molecule has 1 heterocycles. The second-order valence-corrected chi connectivity index (χ2v) is 5.96. The third-order valence-electron chi connectivity index (χ3n) is 3.68. The average molecular weight is 342 g/mol. The summed E-state index contributed by atoms with van der Waals surface area (Å²) in [5.74, 6) is -0.147. The predicted molar refractivity (Wildman–Crippen MR) is 96.5 cm³/mol. The fourth-order valence-corrected chi connectivity index (χ4v) is 2.61. The molecule has 0 aliphatic heterocycles. The average Bonchev–Trinajstić information content (AvgIpc) is 2.55. The van der Waals surface area contributed by atoms with Crippen LogP contribution >= 0.6 is 11.6 Å². The summed E-state index contributed by atoms with van der Waals surface area (Å²) in [6.45, 7) is 3.70. The van der Waals surface area contributed by atoms with Crippen LogP contribution in [-0.2, 0) is 4.79 Å². The number of fused-ring (bicyclic) bond motifs is 1. The number of hydrogen-bond donors (Lipinski definition) is 2. The molecule has 0 aliphatic rings. The van der Waals surface area contributed by atoms with Gasteiger partial charge >= 0.3 is 0 Å². The van der Waals surface area contributed by atoms with E-state index in [2.05, 4.69) is 15.3 Å². The molecule has 5 nitrogen and oxygen atoms in total. The molecule has 24 heavy (non-hydrogen) atoms. The van der Waals surface area contributed by atoms with Gasteiger partial charge in [0.05, 0.1) is 16.7 Å². The number of anilines is 1. The summed E-state index contributed by atoms with van der Waals surface area (Å²) in [4.78, 5) is 31.5. The number of benzene rings is 2. The van der Waals surface area contributed by atoms with E-state index >= 15 is 0 Å². The topological polar surface area (TPSA) is 74.8 Å². The summed E-state index contributed by atoms with van der Waals surface area (Å²) >= 11 is 6.08. The van der Waals surface area contributed by atoms with Gasteiger partial charge in [0.1, 0.15) is 5.69 Å². The maximum Gasteiger partial charge on any atom is 0.275 e. The van der Waals surface area contributed by atoms with Crippen LogP contribution in [-0.4, -0.2) is 15.9 Å². The number of carbonyl (C=O) groups excluding carboxylic acids is 1. The Morgan fingerprint density at radius 1 is 1.25 bits per heavy atom. The maximum atomic E-state index is 12.5. The first-order valence-electron chi connectivity index (χ1n) is 7.58. The fraction of sp³-hybridized carbons (Fsp3) is 0.167. The summed E-state index contributed by atoms with van der Waals surface area (Å²) in [6.07, 6.45) is 0.336. The Balaban J connectivity index is 2.21. The van der Waals surface area contributed by atoms with Gasteiger partial charge in [-0.3, -0.25) is 9.59 Å². The van der Waals surface area contributed by atoms with Gasteiger partial charge in [-0.1, -0.05) is 24.6 Å². The lowest BCUT2D eigenvalue weighted by Gasteiger charge is -2.11. The number of nitrogens with zero attached hydrogens (tertiary/aromatic N) is 1. The van der Waals surface area contributed by atoms with Crippen molar-refractivity contribution in [2.45, 2.75) is 20.3 Å². The smallest absolute Gasteiger partial charge is 0.275 e. The number of carbonyl (C=O) groups is 1. The van der Waals surface area contributed by atoms with Gasteiger partial charge in [-0.25, -0.2) is 4.98 Å². The van der Waals surface area contributed by atoms with Gasteiger partial charge in [-0.05, 0) is 42.8 Å². The van der Waals surface area contributed by atoms with E-state index in [1.165, 1.54) is 0 Å². The minimum Gasteiger partial charge on any atom is -0.325 e. The van der Waals surface area contributed by atoms with Gasteiger partial charge in [-0.2, -0.15) is 0 Å². The number of halogens is 1. The highest BCUT2D eigenvalue weighted by Crippen LogP contribution is 2.28. The van der Waals surface area contributed by atoms with Crippen LogP contribution in [0.4, 0.5) is 5.69 Å². The molecule has 3 aromatic rings. The predicted octanol–water partition coefficient (Wildman–Crippen LogP) is 3.90. The number of hydrogen-bond acceptors (Lipinski definition) is 3. The highest BCUT2D eigenvalue weighted by atomic mass is 35.5. The van der Waals surface area contributed by atoms with Gasteiger partial charge in [-0.15, -0.1) is 0 Å². The lowest BCUT2D eigenvalue weighted by molar-refractivity contribution is -0.115. The molecule has 2 aromatic carbocycles. The molecule has 0 saturated heterocycles. The first kappa shape index (κ1) is 16.2. The fourth-order valence-electron chi connectivity index (χ4n) is 2.44. The molecular weight excluding hydrogens is 326 g/mol. The number of H-pyrrole nitrogens is 1. The lowest BCUT2D eigenvalue weighted by Crippen LogP contribution is -2.15. The Kier molecular flexibility index (Phi) is 4.36. The van der Waals surface area contributed by atoms with E-state index in [4.69, 9.17) is 11.6 Å². The monoisotopic (exact) mass is 341 g/mol. The van der Waals surface area contributed by atoms with Gasteiger partial charge in [0.2, 0.25) is 5.91 Å². The number of rotatable bonds is 3. The van der Waals surface area contributed by atoms with Crippen LogP contribution in [0.3, 0.4) is 0 Å². The van der Waals surface area contributed by atoms with E-state index in [0.717, 1.165) is 5.56 Å². The van der Waals surface area contributed by atoms with E-state index in [9.17, 15) is 9.59 Å². The molecule has 6 heteroatoms. The molecule has 0 atom stereocenters. The Hall–Kier alpha value is -2.66. The van der Waals surface area contributed by atoms with Gasteiger partial charge in [0, 0.05) is 17.0 Å². The number of aromatic nitrogens is 2. The Bertz CT molecular complexity index is 995. The lowest BCUT2D eigenvalue weighted by atomic mass is 10.1. The summed E-state index contributed by atoms with van der Waals surface area (Å²) in [6, 6.07) is 10.6. The first-order chi connectivity index (χ1) is 11.5. The van der Waals surface area contributed by atoms with Crippen molar-refractivity contribution in [3.63, 3.8) is 0 Å². The Morgan fingerprint density at radius 2 is 2.04 bits per heavy atom. The highest BCUT2D eigenvalue weighted by molar-refractivity contribution is 6.31. The van der Waals surface area contributed by atoms with Crippen LogP contribution in [0, 0.1) is 6.92 Å². The Morgan fingerprint density at radius 3 is 2.79 bits per heavy atom. The van der Waals surface area contributed by atoms with Crippen molar-refractivity contribution >= 4 is 34.2 Å². The molecule has 1 aromatic heterocycles. The van der Waals surface area contributed by atoms with Crippen molar-refractivity contribution in [2.75, 3.05) is 5.32 Å². The second kappa shape index (κ2) is 6.45. The van der Waals surface area contributed by atoms with Gasteiger partial charge in [0.25, 0.3) is 5.56 Å². The number of amides is 1. The molecule has 3 rings (SSSR count). The van der Waals surface area contributed by atoms with Crippen LogP contribution < -0.4 is 10.9 Å². The Labute approximate surface area is 143 Å². The van der Waals surface area contributed by atoms with Gasteiger partial charge in [0.15, 0.2) is 0 Å². The van der Waals surface area contributed by atoms with Crippen LogP contribution in [0.1, 0.15) is 18.9 Å². The van der Waals surface area contributed by atoms with Crippen molar-refractivity contribution in [1.29, 1.82) is 0 Å². The van der Waals surface area contributed by atoms with Crippen molar-refractivity contribution in [1.82, 2.24) is 9.97 Å². The second-order valence-electron chi connectivity index (χ2n) is 5.53. The van der Waals surface area contributed by atoms with Crippen molar-refractivity contribution < 1.29 is 4.79 Å². The standard InChI is InChI=1S/C18H16ClN3O2/c1-3-16(23)20-13-7-5-11(19)9-12(13)17-18(24)22-15-8-10(2)4-6-14(15)21-17/h4-9H,3H2,1-2H3,(H,20,23)(H,22,24). The van der Waals surface area contributed by atoms with E-state index < -0.39 is 0 Å². The third kappa shape index (κ3) is 3.16.